The highest BCUT2D eigenvalue weighted by Gasteiger charge is 2.24. The number of hydrogen-bond donors (Lipinski definition) is 2. The lowest BCUT2D eigenvalue weighted by Gasteiger charge is -2.09. The van der Waals surface area contributed by atoms with Crippen LogP contribution in [0.5, 0.6) is 0 Å². The molecule has 0 spiro atoms. The number of rotatable bonds is 3. The molecule has 1 aromatic heterocycles. The minimum absolute atomic E-state index is 0.00969. The molecule has 1 aliphatic rings. The van der Waals surface area contributed by atoms with E-state index in [0.717, 1.165) is 39.8 Å². The number of nitrogens with zero attached hydrogens (tertiary/aromatic N) is 2. The van der Waals surface area contributed by atoms with Gasteiger partial charge in [0.05, 0.1) is 11.7 Å². The molecule has 0 saturated heterocycles. The van der Waals surface area contributed by atoms with Gasteiger partial charge in [0, 0.05) is 28.9 Å². The van der Waals surface area contributed by atoms with Crippen molar-refractivity contribution in [2.75, 3.05) is 0 Å². The molecule has 0 aliphatic heterocycles. The van der Waals surface area contributed by atoms with Crippen LogP contribution in [-0.2, 0) is 7.05 Å². The van der Waals surface area contributed by atoms with Crippen molar-refractivity contribution in [3.8, 4) is 11.1 Å². The van der Waals surface area contributed by atoms with Gasteiger partial charge in [0.1, 0.15) is 0 Å². The lowest BCUT2D eigenvalue weighted by molar-refractivity contribution is 0.0951. The molecule has 0 radical (unpaired) electrons. The Morgan fingerprint density at radius 2 is 2.09 bits per heavy atom. The van der Waals surface area contributed by atoms with E-state index in [0.29, 0.717) is 11.6 Å². The molecule has 0 atom stereocenters. The molecule has 1 fully saturated rings. The number of thiol groups is 1. The van der Waals surface area contributed by atoms with Crippen LogP contribution in [0.1, 0.15) is 23.2 Å². The van der Waals surface area contributed by atoms with E-state index >= 15 is 0 Å². The Balaban J connectivity index is 1.74. The topological polar surface area (TPSA) is 46.9 Å². The first-order valence-corrected chi connectivity index (χ1v) is 8.12. The number of hydrogen-bond acceptors (Lipinski definition) is 3. The number of nitrogens with one attached hydrogen (secondary N) is 1. The second-order valence-electron chi connectivity index (χ2n) is 6.02. The maximum atomic E-state index is 12.3. The first-order valence-electron chi connectivity index (χ1n) is 7.68. The van der Waals surface area contributed by atoms with E-state index in [-0.39, 0.29) is 5.91 Å². The molecule has 2 aromatic carbocycles. The monoisotopic (exact) mass is 323 g/mol. The summed E-state index contributed by atoms with van der Waals surface area (Å²) >= 11 is 4.55. The van der Waals surface area contributed by atoms with Crippen molar-refractivity contribution in [3.05, 3.63) is 48.2 Å². The predicted octanol–water partition coefficient (Wildman–Crippen LogP) is 3.42. The van der Waals surface area contributed by atoms with Crippen molar-refractivity contribution in [3.63, 3.8) is 0 Å². The van der Waals surface area contributed by atoms with E-state index in [4.69, 9.17) is 0 Å². The summed E-state index contributed by atoms with van der Waals surface area (Å²) in [5.74, 6) is -0.00969. The van der Waals surface area contributed by atoms with Gasteiger partial charge in [-0.2, -0.15) is 5.10 Å². The zero-order valence-electron chi connectivity index (χ0n) is 12.8. The van der Waals surface area contributed by atoms with Crippen molar-refractivity contribution in [1.29, 1.82) is 0 Å². The maximum absolute atomic E-state index is 12.3. The van der Waals surface area contributed by atoms with Gasteiger partial charge in [0.25, 0.3) is 5.91 Å². The van der Waals surface area contributed by atoms with Crippen LogP contribution in [0.2, 0.25) is 0 Å². The van der Waals surface area contributed by atoms with E-state index < -0.39 is 0 Å². The Labute approximate surface area is 139 Å². The zero-order chi connectivity index (χ0) is 16.0. The average Bonchev–Trinajstić information content (AvgIpc) is 3.29. The number of aromatic nitrogens is 2. The molecule has 3 aromatic rings. The SMILES string of the molecule is Cn1ncc2cc(-c3cc(C(=O)NC4CC4)ccc3S)ccc21. The molecule has 1 N–H and O–H groups in total. The fraction of sp³-hybridized carbons (Fsp3) is 0.222. The highest BCUT2D eigenvalue weighted by Crippen LogP contribution is 2.30. The Morgan fingerprint density at radius 3 is 2.87 bits per heavy atom. The minimum atomic E-state index is -0.00969. The summed E-state index contributed by atoms with van der Waals surface area (Å²) in [5, 5.41) is 8.37. The molecule has 4 rings (SSSR count). The summed E-state index contributed by atoms with van der Waals surface area (Å²) in [6, 6.07) is 12.1. The summed E-state index contributed by atoms with van der Waals surface area (Å²) in [4.78, 5) is 13.1. The van der Waals surface area contributed by atoms with Gasteiger partial charge in [0.15, 0.2) is 0 Å². The van der Waals surface area contributed by atoms with Gasteiger partial charge in [-0.05, 0) is 54.3 Å². The third-order valence-corrected chi connectivity index (χ3v) is 4.62. The third-order valence-electron chi connectivity index (χ3n) is 4.23. The second-order valence-corrected chi connectivity index (χ2v) is 6.50. The molecule has 1 aliphatic carbocycles. The Hall–Kier alpha value is -2.27. The number of carbonyl (C=O) groups excluding carboxylic acids is 1. The molecule has 116 valence electrons. The molecular formula is C18H17N3OS. The van der Waals surface area contributed by atoms with E-state index in [2.05, 4.69) is 29.1 Å². The third kappa shape index (κ3) is 2.72. The van der Waals surface area contributed by atoms with Crippen LogP contribution in [0.25, 0.3) is 22.0 Å². The van der Waals surface area contributed by atoms with Crippen LogP contribution in [0.3, 0.4) is 0 Å². The number of benzene rings is 2. The highest BCUT2D eigenvalue weighted by atomic mass is 32.1. The van der Waals surface area contributed by atoms with Crippen molar-refractivity contribution < 1.29 is 4.79 Å². The Kier molecular flexibility index (Phi) is 3.38. The van der Waals surface area contributed by atoms with Gasteiger partial charge in [-0.25, -0.2) is 0 Å². The quantitative estimate of drug-likeness (QED) is 0.726. The summed E-state index contributed by atoms with van der Waals surface area (Å²) in [6.45, 7) is 0. The minimum Gasteiger partial charge on any atom is -0.349 e. The maximum Gasteiger partial charge on any atom is 0.251 e. The molecule has 23 heavy (non-hydrogen) atoms. The van der Waals surface area contributed by atoms with Crippen molar-refractivity contribution >= 4 is 29.4 Å². The summed E-state index contributed by atoms with van der Waals surface area (Å²) in [5.41, 5.74) is 3.76. The van der Waals surface area contributed by atoms with Crippen molar-refractivity contribution in [2.24, 2.45) is 7.05 Å². The summed E-state index contributed by atoms with van der Waals surface area (Å²) in [7, 11) is 1.93. The van der Waals surface area contributed by atoms with Crippen LogP contribution in [-0.4, -0.2) is 21.7 Å². The van der Waals surface area contributed by atoms with Crippen molar-refractivity contribution in [2.45, 2.75) is 23.8 Å². The van der Waals surface area contributed by atoms with Crippen LogP contribution >= 0.6 is 12.6 Å². The van der Waals surface area contributed by atoms with Gasteiger partial charge >= 0.3 is 0 Å². The van der Waals surface area contributed by atoms with Crippen molar-refractivity contribution in [1.82, 2.24) is 15.1 Å². The molecule has 4 nitrogen and oxygen atoms in total. The fourth-order valence-electron chi connectivity index (χ4n) is 2.74. The largest absolute Gasteiger partial charge is 0.349 e. The van der Waals surface area contributed by atoms with Crippen LogP contribution in [0.15, 0.2) is 47.5 Å². The molecule has 1 amide bonds. The molecule has 0 unspecified atom stereocenters. The molecular weight excluding hydrogens is 306 g/mol. The van der Waals surface area contributed by atoms with Crippen LogP contribution < -0.4 is 5.32 Å². The molecule has 5 heteroatoms. The second kappa shape index (κ2) is 5.42. The van der Waals surface area contributed by atoms with E-state index in [1.54, 1.807) is 0 Å². The lowest BCUT2D eigenvalue weighted by Crippen LogP contribution is -2.25. The standard InChI is InChI=1S/C18H17N3OS/c1-21-16-6-2-11(8-13(16)10-19-21)15-9-12(3-7-17(15)23)18(22)20-14-4-5-14/h2-3,6-10,14,23H,4-5H2,1H3,(H,20,22). The number of fused-ring (bicyclic) bond motifs is 1. The van der Waals surface area contributed by atoms with Gasteiger partial charge in [0.2, 0.25) is 0 Å². The van der Waals surface area contributed by atoms with E-state index in [1.807, 2.05) is 48.3 Å². The smallest absolute Gasteiger partial charge is 0.251 e. The molecule has 1 heterocycles. The molecule has 0 bridgehead atoms. The predicted molar refractivity (Wildman–Crippen MR) is 93.9 cm³/mol. The highest BCUT2D eigenvalue weighted by molar-refractivity contribution is 7.80. The first kappa shape index (κ1) is 14.3. The molecule has 1 saturated carbocycles. The summed E-state index contributed by atoms with van der Waals surface area (Å²) < 4.78 is 1.85. The Bertz CT molecular complexity index is 912. The van der Waals surface area contributed by atoms with E-state index in [9.17, 15) is 4.79 Å². The van der Waals surface area contributed by atoms with Crippen LogP contribution in [0.4, 0.5) is 0 Å². The Morgan fingerprint density at radius 1 is 1.26 bits per heavy atom. The number of aryl methyl sites for hydroxylation is 1. The van der Waals surface area contributed by atoms with Gasteiger partial charge in [-0.3, -0.25) is 9.48 Å². The fourth-order valence-corrected chi connectivity index (χ4v) is 3.00. The van der Waals surface area contributed by atoms with Gasteiger partial charge in [-0.15, -0.1) is 12.6 Å². The summed E-state index contributed by atoms with van der Waals surface area (Å²) in [6.07, 6.45) is 4.02. The zero-order valence-corrected chi connectivity index (χ0v) is 13.7. The number of amides is 1. The lowest BCUT2D eigenvalue weighted by atomic mass is 10.0. The average molecular weight is 323 g/mol. The van der Waals surface area contributed by atoms with Gasteiger partial charge in [-0.1, -0.05) is 6.07 Å². The van der Waals surface area contributed by atoms with Crippen LogP contribution in [0, 0.1) is 0 Å². The first-order chi connectivity index (χ1) is 11.1. The van der Waals surface area contributed by atoms with Gasteiger partial charge < -0.3 is 5.32 Å². The van der Waals surface area contributed by atoms with E-state index in [1.165, 1.54) is 0 Å². The number of carbonyl (C=O) groups is 1. The normalized spacial score (nSPS) is 14.2.